The van der Waals surface area contributed by atoms with E-state index in [2.05, 4.69) is 6.07 Å². The summed E-state index contributed by atoms with van der Waals surface area (Å²) in [6.45, 7) is 3.82. The summed E-state index contributed by atoms with van der Waals surface area (Å²) < 4.78 is 13.9. The molecule has 0 N–H and O–H groups in total. The van der Waals surface area contributed by atoms with Gasteiger partial charge in [0.25, 0.3) is 0 Å². The average Bonchev–Trinajstić information content (AvgIpc) is 3.08. The van der Waals surface area contributed by atoms with E-state index in [9.17, 15) is 9.18 Å². The summed E-state index contributed by atoms with van der Waals surface area (Å²) in [6.07, 6.45) is 0. The molecule has 128 valence electrons. The van der Waals surface area contributed by atoms with Crippen molar-refractivity contribution in [2.75, 3.05) is 44.7 Å². The van der Waals surface area contributed by atoms with Crippen LogP contribution in [0.4, 0.5) is 10.1 Å². The van der Waals surface area contributed by atoms with Crippen molar-refractivity contribution < 1.29 is 9.18 Å². The number of benzene rings is 1. The second-order valence-corrected chi connectivity index (χ2v) is 7.10. The van der Waals surface area contributed by atoms with Gasteiger partial charge in [-0.1, -0.05) is 18.2 Å². The summed E-state index contributed by atoms with van der Waals surface area (Å²) >= 11 is 1.70. The number of carbonyl (C=O) groups excluding carboxylic acids is 1. The number of likely N-dealkylation sites (N-methyl/N-ethyl adjacent to an activating group) is 1. The maximum Gasteiger partial charge on any atom is 0.236 e. The monoisotopic (exact) mass is 347 g/mol. The summed E-state index contributed by atoms with van der Waals surface area (Å²) in [6, 6.07) is 10.9. The first-order valence-electron chi connectivity index (χ1n) is 8.11. The van der Waals surface area contributed by atoms with Crippen molar-refractivity contribution in [1.82, 2.24) is 9.80 Å². The number of halogens is 1. The number of thiophene rings is 1. The van der Waals surface area contributed by atoms with E-state index >= 15 is 0 Å². The lowest BCUT2D eigenvalue weighted by molar-refractivity contribution is -0.132. The third-order valence-corrected chi connectivity index (χ3v) is 5.10. The molecule has 1 fully saturated rings. The molecule has 24 heavy (non-hydrogen) atoms. The van der Waals surface area contributed by atoms with Crippen LogP contribution in [-0.4, -0.2) is 55.5 Å². The first-order chi connectivity index (χ1) is 11.6. The highest BCUT2D eigenvalue weighted by atomic mass is 32.1. The molecule has 1 aromatic carbocycles. The number of nitrogens with zero attached hydrogens (tertiary/aromatic N) is 3. The largest absolute Gasteiger partial charge is 0.366 e. The average molecular weight is 347 g/mol. The van der Waals surface area contributed by atoms with Crippen molar-refractivity contribution in [3.63, 3.8) is 0 Å². The van der Waals surface area contributed by atoms with Gasteiger partial charge in [0.15, 0.2) is 0 Å². The van der Waals surface area contributed by atoms with Gasteiger partial charge in [-0.15, -0.1) is 11.3 Å². The Morgan fingerprint density at radius 2 is 1.92 bits per heavy atom. The molecule has 1 saturated heterocycles. The van der Waals surface area contributed by atoms with Crippen molar-refractivity contribution in [2.24, 2.45) is 0 Å². The predicted octanol–water partition coefficient (Wildman–Crippen LogP) is 2.67. The van der Waals surface area contributed by atoms with E-state index in [4.69, 9.17) is 0 Å². The highest BCUT2D eigenvalue weighted by Gasteiger charge is 2.23. The molecule has 0 unspecified atom stereocenters. The van der Waals surface area contributed by atoms with Crippen LogP contribution >= 0.6 is 11.3 Å². The van der Waals surface area contributed by atoms with Crippen molar-refractivity contribution in [3.05, 3.63) is 52.5 Å². The van der Waals surface area contributed by atoms with Crippen LogP contribution in [0.5, 0.6) is 0 Å². The summed E-state index contributed by atoms with van der Waals surface area (Å²) in [7, 11) is 1.97. The molecule has 2 aromatic rings. The molecule has 1 amide bonds. The van der Waals surface area contributed by atoms with Gasteiger partial charge in [0.2, 0.25) is 5.91 Å². The summed E-state index contributed by atoms with van der Waals surface area (Å²) in [5.41, 5.74) is 0.624. The fourth-order valence-corrected chi connectivity index (χ4v) is 3.74. The van der Waals surface area contributed by atoms with Gasteiger partial charge in [-0.05, 0) is 30.6 Å². The van der Waals surface area contributed by atoms with Crippen molar-refractivity contribution in [1.29, 1.82) is 0 Å². The smallest absolute Gasteiger partial charge is 0.236 e. The first-order valence-corrected chi connectivity index (χ1v) is 8.99. The van der Waals surface area contributed by atoms with Gasteiger partial charge in [0.1, 0.15) is 5.82 Å². The molecule has 0 atom stereocenters. The highest BCUT2D eigenvalue weighted by Crippen LogP contribution is 2.20. The molecule has 1 aliphatic rings. The molecule has 3 rings (SSSR count). The quantitative estimate of drug-likeness (QED) is 0.832. The summed E-state index contributed by atoms with van der Waals surface area (Å²) in [5, 5.41) is 2.05. The molecule has 0 spiro atoms. The lowest BCUT2D eigenvalue weighted by atomic mass is 10.2. The van der Waals surface area contributed by atoms with Gasteiger partial charge < -0.3 is 9.80 Å². The van der Waals surface area contributed by atoms with E-state index in [0.29, 0.717) is 38.4 Å². The third kappa shape index (κ3) is 4.13. The fourth-order valence-electron chi connectivity index (χ4n) is 2.96. The third-order valence-electron chi connectivity index (χ3n) is 4.24. The van der Waals surface area contributed by atoms with Crippen LogP contribution < -0.4 is 4.90 Å². The number of hydrogen-bond donors (Lipinski definition) is 0. The molecule has 0 bridgehead atoms. The predicted molar refractivity (Wildman–Crippen MR) is 95.8 cm³/mol. The maximum absolute atomic E-state index is 13.9. The van der Waals surface area contributed by atoms with Gasteiger partial charge >= 0.3 is 0 Å². The number of amides is 1. The Bertz CT molecular complexity index is 669. The Hall–Kier alpha value is -1.92. The second kappa shape index (κ2) is 7.77. The van der Waals surface area contributed by atoms with E-state index in [1.807, 2.05) is 39.3 Å². The van der Waals surface area contributed by atoms with E-state index in [1.54, 1.807) is 23.5 Å². The van der Waals surface area contributed by atoms with Crippen molar-refractivity contribution >= 4 is 22.9 Å². The molecular formula is C18H22FN3OS. The molecular weight excluding hydrogens is 325 g/mol. The molecule has 1 aromatic heterocycles. The number of piperazine rings is 1. The molecule has 4 nitrogen and oxygen atoms in total. The van der Waals surface area contributed by atoms with Gasteiger partial charge in [0, 0.05) is 37.6 Å². The molecule has 0 radical (unpaired) electrons. The number of anilines is 1. The Labute approximate surface area is 146 Å². The zero-order chi connectivity index (χ0) is 16.9. The zero-order valence-electron chi connectivity index (χ0n) is 13.8. The first kappa shape index (κ1) is 16.9. The van der Waals surface area contributed by atoms with Crippen LogP contribution in [-0.2, 0) is 11.3 Å². The number of hydrogen-bond acceptors (Lipinski definition) is 4. The van der Waals surface area contributed by atoms with Gasteiger partial charge in [-0.2, -0.15) is 0 Å². The minimum absolute atomic E-state index is 0.141. The van der Waals surface area contributed by atoms with Gasteiger partial charge in [0.05, 0.1) is 12.2 Å². The van der Waals surface area contributed by atoms with E-state index in [1.165, 1.54) is 10.9 Å². The molecule has 2 heterocycles. The van der Waals surface area contributed by atoms with Crippen LogP contribution in [0.3, 0.4) is 0 Å². The Balaban J connectivity index is 1.49. The van der Waals surface area contributed by atoms with E-state index in [-0.39, 0.29) is 11.7 Å². The lowest BCUT2D eigenvalue weighted by Crippen LogP contribution is -2.51. The Morgan fingerprint density at radius 1 is 1.17 bits per heavy atom. The highest BCUT2D eigenvalue weighted by molar-refractivity contribution is 7.09. The fraction of sp³-hybridized carbons (Fsp3) is 0.389. The topological polar surface area (TPSA) is 26.8 Å². The number of rotatable bonds is 5. The standard InChI is InChI=1S/C18H22FN3OS/c1-20(13-15-5-4-12-24-15)14-18(23)22-10-8-21(9-11-22)17-7-3-2-6-16(17)19/h2-7,12H,8-11,13-14H2,1H3. The molecule has 1 aliphatic heterocycles. The molecule has 0 saturated carbocycles. The normalized spacial score (nSPS) is 15.1. The Morgan fingerprint density at radius 3 is 2.58 bits per heavy atom. The molecule has 6 heteroatoms. The maximum atomic E-state index is 13.9. The Kier molecular flexibility index (Phi) is 5.48. The SMILES string of the molecule is CN(CC(=O)N1CCN(c2ccccc2F)CC1)Cc1cccs1. The summed E-state index contributed by atoms with van der Waals surface area (Å²) in [5.74, 6) is -0.0600. The van der Waals surface area contributed by atoms with Crippen LogP contribution in [0.25, 0.3) is 0 Å². The minimum atomic E-state index is -0.201. The lowest BCUT2D eigenvalue weighted by Gasteiger charge is -2.36. The van der Waals surface area contributed by atoms with Crippen LogP contribution in [0, 0.1) is 5.82 Å². The minimum Gasteiger partial charge on any atom is -0.366 e. The molecule has 0 aliphatic carbocycles. The number of carbonyl (C=O) groups is 1. The van der Waals surface area contributed by atoms with Crippen LogP contribution in [0.1, 0.15) is 4.88 Å². The van der Waals surface area contributed by atoms with E-state index in [0.717, 1.165) is 6.54 Å². The number of para-hydroxylation sites is 1. The van der Waals surface area contributed by atoms with Crippen molar-refractivity contribution in [3.8, 4) is 0 Å². The van der Waals surface area contributed by atoms with Gasteiger partial charge in [-0.3, -0.25) is 9.69 Å². The van der Waals surface area contributed by atoms with Crippen LogP contribution in [0.2, 0.25) is 0 Å². The second-order valence-electron chi connectivity index (χ2n) is 6.07. The van der Waals surface area contributed by atoms with Crippen LogP contribution in [0.15, 0.2) is 41.8 Å². The summed E-state index contributed by atoms with van der Waals surface area (Å²) in [4.78, 5) is 19.6. The van der Waals surface area contributed by atoms with Crippen molar-refractivity contribution in [2.45, 2.75) is 6.54 Å². The van der Waals surface area contributed by atoms with Gasteiger partial charge in [-0.25, -0.2) is 4.39 Å². The van der Waals surface area contributed by atoms with E-state index < -0.39 is 0 Å². The zero-order valence-corrected chi connectivity index (χ0v) is 14.6.